The van der Waals surface area contributed by atoms with Crippen LogP contribution in [0.4, 0.5) is 5.69 Å². The van der Waals surface area contributed by atoms with Crippen LogP contribution < -0.4 is 11.1 Å². The van der Waals surface area contributed by atoms with E-state index in [2.05, 4.69) is 25.2 Å². The summed E-state index contributed by atoms with van der Waals surface area (Å²) in [7, 11) is 0. The standard InChI is InChI=1S/C16H24N2O2/c1-11(2)13-6-4-5-12(3)14(13)18-15(19)16(17)7-9-20-10-8-16/h4-6,11H,7-10,17H2,1-3H3,(H,18,19). The van der Waals surface area contributed by atoms with Crippen molar-refractivity contribution >= 4 is 11.6 Å². The SMILES string of the molecule is Cc1cccc(C(C)C)c1NC(=O)C1(N)CCOCC1. The lowest BCUT2D eigenvalue weighted by Crippen LogP contribution is -2.54. The highest BCUT2D eigenvalue weighted by molar-refractivity contribution is 5.99. The molecule has 0 atom stereocenters. The first kappa shape index (κ1) is 15.0. The minimum absolute atomic E-state index is 0.1000. The van der Waals surface area contributed by atoms with Crippen molar-refractivity contribution in [2.75, 3.05) is 18.5 Å². The fourth-order valence-corrected chi connectivity index (χ4v) is 2.54. The summed E-state index contributed by atoms with van der Waals surface area (Å²) in [5.74, 6) is 0.255. The van der Waals surface area contributed by atoms with Gasteiger partial charge in [-0.1, -0.05) is 32.0 Å². The van der Waals surface area contributed by atoms with E-state index in [-0.39, 0.29) is 5.91 Å². The van der Waals surface area contributed by atoms with Gasteiger partial charge in [-0.3, -0.25) is 4.79 Å². The van der Waals surface area contributed by atoms with Crippen molar-refractivity contribution in [3.05, 3.63) is 29.3 Å². The lowest BCUT2D eigenvalue weighted by atomic mass is 9.89. The molecule has 1 aliphatic rings. The van der Waals surface area contributed by atoms with Crippen LogP contribution in [0.5, 0.6) is 0 Å². The molecule has 1 saturated heterocycles. The molecule has 2 rings (SSSR count). The second-order valence-corrected chi connectivity index (χ2v) is 5.92. The Balaban J connectivity index is 2.23. The van der Waals surface area contributed by atoms with E-state index in [0.29, 0.717) is 32.0 Å². The first-order valence-electron chi connectivity index (χ1n) is 7.21. The number of rotatable bonds is 3. The average Bonchev–Trinajstić information content (AvgIpc) is 2.41. The van der Waals surface area contributed by atoms with Gasteiger partial charge < -0.3 is 15.8 Å². The molecule has 1 aromatic carbocycles. The summed E-state index contributed by atoms with van der Waals surface area (Å²) in [5, 5.41) is 3.05. The molecule has 0 aliphatic carbocycles. The number of hydrogen-bond donors (Lipinski definition) is 2. The Morgan fingerprint density at radius 2 is 2.00 bits per heavy atom. The molecule has 0 saturated carbocycles. The topological polar surface area (TPSA) is 64.4 Å². The maximum atomic E-state index is 12.5. The van der Waals surface area contributed by atoms with E-state index in [1.165, 1.54) is 0 Å². The quantitative estimate of drug-likeness (QED) is 0.891. The Kier molecular flexibility index (Phi) is 4.45. The Morgan fingerprint density at radius 3 is 2.60 bits per heavy atom. The van der Waals surface area contributed by atoms with Crippen LogP contribution in [-0.2, 0) is 9.53 Å². The van der Waals surface area contributed by atoms with Gasteiger partial charge in [-0.25, -0.2) is 0 Å². The predicted molar refractivity (Wildman–Crippen MR) is 80.9 cm³/mol. The highest BCUT2D eigenvalue weighted by atomic mass is 16.5. The monoisotopic (exact) mass is 276 g/mol. The first-order valence-corrected chi connectivity index (χ1v) is 7.21. The van der Waals surface area contributed by atoms with Gasteiger partial charge in [0.2, 0.25) is 5.91 Å². The largest absolute Gasteiger partial charge is 0.381 e. The van der Waals surface area contributed by atoms with Crippen molar-refractivity contribution in [2.24, 2.45) is 5.73 Å². The zero-order chi connectivity index (χ0) is 14.8. The Morgan fingerprint density at radius 1 is 1.35 bits per heavy atom. The number of carbonyl (C=O) groups excluding carboxylic acids is 1. The van der Waals surface area contributed by atoms with Crippen molar-refractivity contribution in [1.29, 1.82) is 0 Å². The Bertz CT molecular complexity index is 491. The molecule has 0 bridgehead atoms. The van der Waals surface area contributed by atoms with E-state index in [9.17, 15) is 4.79 Å². The molecule has 1 aromatic rings. The van der Waals surface area contributed by atoms with Crippen LogP contribution in [0.1, 0.15) is 43.7 Å². The fraction of sp³-hybridized carbons (Fsp3) is 0.562. The van der Waals surface area contributed by atoms with Crippen molar-refractivity contribution in [2.45, 2.75) is 45.1 Å². The molecular formula is C16H24N2O2. The summed E-state index contributed by atoms with van der Waals surface area (Å²) in [6.07, 6.45) is 1.14. The maximum absolute atomic E-state index is 12.5. The van der Waals surface area contributed by atoms with Crippen LogP contribution in [0.25, 0.3) is 0 Å². The molecule has 1 fully saturated rings. The lowest BCUT2D eigenvalue weighted by Gasteiger charge is -2.32. The molecule has 3 N–H and O–H groups in total. The van der Waals surface area contributed by atoms with Gasteiger partial charge in [-0.05, 0) is 36.8 Å². The summed E-state index contributed by atoms with van der Waals surface area (Å²) in [4.78, 5) is 12.5. The molecule has 4 nitrogen and oxygen atoms in total. The number of ether oxygens (including phenoxy) is 1. The van der Waals surface area contributed by atoms with Gasteiger partial charge in [0.1, 0.15) is 5.54 Å². The summed E-state index contributed by atoms with van der Waals surface area (Å²) in [6, 6.07) is 6.09. The molecule has 4 heteroatoms. The number of amides is 1. The van der Waals surface area contributed by atoms with Gasteiger partial charge in [0.05, 0.1) is 0 Å². The second kappa shape index (κ2) is 5.94. The molecule has 0 spiro atoms. The zero-order valence-electron chi connectivity index (χ0n) is 12.5. The fourth-order valence-electron chi connectivity index (χ4n) is 2.54. The third-order valence-corrected chi connectivity index (χ3v) is 4.00. The van der Waals surface area contributed by atoms with Crippen LogP contribution >= 0.6 is 0 Å². The van der Waals surface area contributed by atoms with Crippen LogP contribution in [0.15, 0.2) is 18.2 Å². The Hall–Kier alpha value is -1.39. The number of nitrogens with one attached hydrogen (secondary N) is 1. The van der Waals surface area contributed by atoms with Crippen molar-refractivity contribution in [3.8, 4) is 0 Å². The van der Waals surface area contributed by atoms with Gasteiger partial charge in [0, 0.05) is 18.9 Å². The lowest BCUT2D eigenvalue weighted by molar-refractivity contribution is -0.124. The van der Waals surface area contributed by atoms with Gasteiger partial charge >= 0.3 is 0 Å². The van der Waals surface area contributed by atoms with Gasteiger partial charge in [-0.2, -0.15) is 0 Å². The molecule has 110 valence electrons. The molecule has 1 heterocycles. The molecule has 0 unspecified atom stereocenters. The number of carbonyl (C=O) groups is 1. The third kappa shape index (κ3) is 3.02. The van der Waals surface area contributed by atoms with E-state index in [1.54, 1.807) is 0 Å². The van der Waals surface area contributed by atoms with E-state index < -0.39 is 5.54 Å². The Labute approximate surface area is 120 Å². The zero-order valence-corrected chi connectivity index (χ0v) is 12.5. The van der Waals surface area contributed by atoms with Crippen LogP contribution in [0.3, 0.4) is 0 Å². The van der Waals surface area contributed by atoms with E-state index in [4.69, 9.17) is 10.5 Å². The minimum atomic E-state index is -0.811. The van der Waals surface area contributed by atoms with Gasteiger partial charge in [0.25, 0.3) is 0 Å². The average molecular weight is 276 g/mol. The van der Waals surface area contributed by atoms with Crippen molar-refractivity contribution < 1.29 is 9.53 Å². The number of para-hydroxylation sites is 1. The first-order chi connectivity index (χ1) is 9.44. The molecule has 20 heavy (non-hydrogen) atoms. The smallest absolute Gasteiger partial charge is 0.244 e. The van der Waals surface area contributed by atoms with Crippen LogP contribution in [-0.4, -0.2) is 24.7 Å². The summed E-state index contributed by atoms with van der Waals surface area (Å²) in [5.41, 5.74) is 8.55. The molecule has 1 aliphatic heterocycles. The second-order valence-electron chi connectivity index (χ2n) is 5.92. The maximum Gasteiger partial charge on any atom is 0.244 e. The molecule has 0 aromatic heterocycles. The number of nitrogens with two attached hydrogens (primary N) is 1. The van der Waals surface area contributed by atoms with Crippen molar-refractivity contribution in [3.63, 3.8) is 0 Å². The van der Waals surface area contributed by atoms with E-state index >= 15 is 0 Å². The number of hydrogen-bond acceptors (Lipinski definition) is 3. The number of benzene rings is 1. The highest BCUT2D eigenvalue weighted by Crippen LogP contribution is 2.29. The normalized spacial score (nSPS) is 18.1. The summed E-state index contributed by atoms with van der Waals surface area (Å²) in [6.45, 7) is 7.35. The molecule has 1 amide bonds. The third-order valence-electron chi connectivity index (χ3n) is 4.00. The van der Waals surface area contributed by atoms with Crippen LogP contribution in [0, 0.1) is 6.92 Å². The van der Waals surface area contributed by atoms with E-state index in [1.807, 2.05) is 19.1 Å². The summed E-state index contributed by atoms with van der Waals surface area (Å²) < 4.78 is 5.29. The van der Waals surface area contributed by atoms with Crippen LogP contribution in [0.2, 0.25) is 0 Å². The van der Waals surface area contributed by atoms with Gasteiger partial charge in [0.15, 0.2) is 0 Å². The highest BCUT2D eigenvalue weighted by Gasteiger charge is 2.36. The molecule has 0 radical (unpaired) electrons. The molecular weight excluding hydrogens is 252 g/mol. The van der Waals surface area contributed by atoms with Gasteiger partial charge in [-0.15, -0.1) is 0 Å². The number of anilines is 1. The number of aryl methyl sites for hydroxylation is 1. The minimum Gasteiger partial charge on any atom is -0.381 e. The predicted octanol–water partition coefficient (Wildman–Crippen LogP) is 2.56. The van der Waals surface area contributed by atoms with E-state index in [0.717, 1.165) is 16.8 Å². The van der Waals surface area contributed by atoms with Crippen molar-refractivity contribution in [1.82, 2.24) is 0 Å². The summed E-state index contributed by atoms with van der Waals surface area (Å²) >= 11 is 0.